The minimum Gasteiger partial charge on any atom is -0.506 e. The largest absolute Gasteiger partial charge is 0.506 e. The number of sulfone groups is 1. The molecule has 0 unspecified atom stereocenters. The van der Waals surface area contributed by atoms with Gasteiger partial charge in [0.15, 0.2) is 9.84 Å². The maximum atomic E-state index is 12.7. The van der Waals surface area contributed by atoms with Gasteiger partial charge in [0.25, 0.3) is 11.6 Å². The number of carbonyl (C=O) groups is 1. The van der Waals surface area contributed by atoms with E-state index < -0.39 is 20.7 Å². The minimum atomic E-state index is -3.54. The number of benzene rings is 2. The van der Waals surface area contributed by atoms with Crippen LogP contribution in [0.5, 0.6) is 5.75 Å². The van der Waals surface area contributed by atoms with E-state index >= 15 is 0 Å². The molecule has 0 spiro atoms. The van der Waals surface area contributed by atoms with Gasteiger partial charge in [0.1, 0.15) is 11.4 Å². The van der Waals surface area contributed by atoms with Gasteiger partial charge in [-0.15, -0.1) is 0 Å². The average Bonchev–Trinajstić information content (AvgIpc) is 2.74. The van der Waals surface area contributed by atoms with Crippen LogP contribution in [-0.4, -0.2) is 43.2 Å². The number of phenols is 1. The molecular formula is C21H25N3O6S. The Labute approximate surface area is 180 Å². The van der Waals surface area contributed by atoms with Gasteiger partial charge in [-0.3, -0.25) is 14.9 Å². The number of nitro groups is 1. The molecule has 2 aromatic carbocycles. The number of hydrogen-bond donors (Lipinski definition) is 2. The molecule has 0 aromatic heterocycles. The zero-order chi connectivity index (χ0) is 22.8. The summed E-state index contributed by atoms with van der Waals surface area (Å²) >= 11 is 0. The van der Waals surface area contributed by atoms with E-state index in [9.17, 15) is 28.4 Å². The number of aromatic hydroxyl groups is 1. The van der Waals surface area contributed by atoms with E-state index in [0.717, 1.165) is 12.8 Å². The molecule has 0 radical (unpaired) electrons. The molecule has 0 saturated carbocycles. The fraction of sp³-hybridized carbons (Fsp3) is 0.381. The summed E-state index contributed by atoms with van der Waals surface area (Å²) in [6.45, 7) is 5.01. The molecule has 1 amide bonds. The number of piperidine rings is 1. The van der Waals surface area contributed by atoms with Gasteiger partial charge in [-0.1, -0.05) is 13.8 Å². The lowest BCUT2D eigenvalue weighted by molar-refractivity contribution is -0.384. The molecule has 0 aliphatic carbocycles. The van der Waals surface area contributed by atoms with Crippen molar-refractivity contribution >= 4 is 32.8 Å². The van der Waals surface area contributed by atoms with Crippen molar-refractivity contribution in [1.82, 2.24) is 0 Å². The quantitative estimate of drug-likeness (QED) is 0.393. The van der Waals surface area contributed by atoms with E-state index in [-0.39, 0.29) is 33.3 Å². The lowest BCUT2D eigenvalue weighted by atomic mass is 9.99. The normalized spacial score (nSPS) is 16.7. The van der Waals surface area contributed by atoms with Crippen LogP contribution < -0.4 is 10.2 Å². The zero-order valence-corrected chi connectivity index (χ0v) is 18.2. The van der Waals surface area contributed by atoms with Gasteiger partial charge >= 0.3 is 0 Å². The zero-order valence-electron chi connectivity index (χ0n) is 17.4. The third kappa shape index (κ3) is 4.96. The molecule has 1 aliphatic heterocycles. The Bertz CT molecular complexity index is 1120. The van der Waals surface area contributed by atoms with Gasteiger partial charge in [-0.2, -0.15) is 0 Å². The maximum Gasteiger partial charge on any atom is 0.293 e. The predicted octanol–water partition coefficient (Wildman–Crippen LogP) is 3.58. The number of nitrogens with one attached hydrogen (secondary N) is 1. The molecule has 2 N–H and O–H groups in total. The smallest absolute Gasteiger partial charge is 0.293 e. The van der Waals surface area contributed by atoms with Crippen molar-refractivity contribution in [2.24, 2.45) is 5.92 Å². The number of hydrogen-bond acceptors (Lipinski definition) is 7. The van der Waals surface area contributed by atoms with E-state index in [1.807, 2.05) is 4.90 Å². The number of carbonyl (C=O) groups excluding carboxylic acids is 1. The fourth-order valence-electron chi connectivity index (χ4n) is 3.66. The van der Waals surface area contributed by atoms with Crippen molar-refractivity contribution in [3.63, 3.8) is 0 Å². The van der Waals surface area contributed by atoms with Crippen LogP contribution in [0, 0.1) is 16.0 Å². The van der Waals surface area contributed by atoms with Crippen LogP contribution in [0.2, 0.25) is 0 Å². The number of amides is 1. The van der Waals surface area contributed by atoms with Gasteiger partial charge in [0, 0.05) is 24.7 Å². The van der Waals surface area contributed by atoms with Crippen molar-refractivity contribution in [3.8, 4) is 5.75 Å². The monoisotopic (exact) mass is 447 g/mol. The second-order valence-corrected chi connectivity index (χ2v) is 9.97. The molecule has 10 heteroatoms. The first kappa shape index (κ1) is 22.5. The predicted molar refractivity (Wildman–Crippen MR) is 117 cm³/mol. The van der Waals surface area contributed by atoms with Crippen molar-refractivity contribution in [2.75, 3.05) is 29.1 Å². The minimum absolute atomic E-state index is 0.0312. The van der Waals surface area contributed by atoms with Crippen LogP contribution in [0.15, 0.2) is 41.3 Å². The van der Waals surface area contributed by atoms with E-state index in [1.54, 1.807) is 6.07 Å². The molecule has 2 aromatic rings. The molecular weight excluding hydrogens is 422 g/mol. The highest BCUT2D eigenvalue weighted by atomic mass is 32.2. The standard InChI is InChI=1S/C21H25N3O6S/c1-3-31(29,30)16-7-9-20(25)17(12-16)22-21(26)15-6-8-18(19(11-15)24(27)28)23-10-4-5-14(2)13-23/h6-9,11-12,14,25H,3-5,10,13H2,1-2H3,(H,22,26)/t14-/m1/s1. The maximum absolute atomic E-state index is 12.7. The third-order valence-electron chi connectivity index (χ3n) is 5.39. The van der Waals surface area contributed by atoms with Crippen LogP contribution in [0.1, 0.15) is 37.0 Å². The summed E-state index contributed by atoms with van der Waals surface area (Å²) in [5, 5.41) is 24.1. The summed E-state index contributed by atoms with van der Waals surface area (Å²) in [6, 6.07) is 7.85. The number of rotatable bonds is 6. The summed E-state index contributed by atoms with van der Waals surface area (Å²) in [5.41, 5.74) is 0.236. The molecule has 0 bridgehead atoms. The van der Waals surface area contributed by atoms with Gasteiger partial charge in [0.05, 0.1) is 21.3 Å². The fourth-order valence-corrected chi connectivity index (χ4v) is 4.56. The summed E-state index contributed by atoms with van der Waals surface area (Å²) in [4.78, 5) is 25.8. The van der Waals surface area contributed by atoms with E-state index in [0.29, 0.717) is 24.7 Å². The molecule has 1 aliphatic rings. The lowest BCUT2D eigenvalue weighted by Crippen LogP contribution is -2.34. The molecule has 1 heterocycles. The van der Waals surface area contributed by atoms with Crippen LogP contribution >= 0.6 is 0 Å². The highest BCUT2D eigenvalue weighted by Gasteiger charge is 2.25. The molecule has 1 atom stereocenters. The topological polar surface area (TPSA) is 130 Å². The van der Waals surface area contributed by atoms with Crippen LogP contribution in [0.25, 0.3) is 0 Å². The van der Waals surface area contributed by atoms with Crippen molar-refractivity contribution in [3.05, 3.63) is 52.1 Å². The highest BCUT2D eigenvalue weighted by Crippen LogP contribution is 2.33. The Kier molecular flexibility index (Phi) is 6.49. The Morgan fingerprint density at radius 1 is 1.29 bits per heavy atom. The third-order valence-corrected chi connectivity index (χ3v) is 7.12. The number of nitrogens with zero attached hydrogens (tertiary/aromatic N) is 2. The molecule has 1 fully saturated rings. The first-order valence-corrected chi connectivity index (χ1v) is 11.7. The Balaban J connectivity index is 1.90. The summed E-state index contributed by atoms with van der Waals surface area (Å²) in [7, 11) is -3.54. The average molecular weight is 448 g/mol. The van der Waals surface area contributed by atoms with Gasteiger partial charge in [0.2, 0.25) is 0 Å². The van der Waals surface area contributed by atoms with Crippen molar-refractivity contribution in [1.29, 1.82) is 0 Å². The van der Waals surface area contributed by atoms with Gasteiger partial charge in [-0.05, 0) is 49.1 Å². The number of anilines is 2. The SMILES string of the molecule is CCS(=O)(=O)c1ccc(O)c(NC(=O)c2ccc(N3CCC[C@@H](C)C3)c([N+](=O)[O-])c2)c1. The second-order valence-electron chi connectivity index (χ2n) is 7.69. The Morgan fingerprint density at radius 3 is 2.68 bits per heavy atom. The number of nitro benzene ring substituents is 1. The highest BCUT2D eigenvalue weighted by molar-refractivity contribution is 7.91. The summed E-state index contributed by atoms with van der Waals surface area (Å²) in [5.74, 6) is -0.709. The number of phenolic OH excluding ortho intramolecular Hbond substituents is 1. The Morgan fingerprint density at radius 2 is 2.03 bits per heavy atom. The molecule has 9 nitrogen and oxygen atoms in total. The lowest BCUT2D eigenvalue weighted by Gasteiger charge is -2.32. The van der Waals surface area contributed by atoms with Crippen LogP contribution in [0.4, 0.5) is 17.1 Å². The van der Waals surface area contributed by atoms with E-state index in [1.165, 1.54) is 37.3 Å². The van der Waals surface area contributed by atoms with E-state index in [2.05, 4.69) is 12.2 Å². The van der Waals surface area contributed by atoms with E-state index in [4.69, 9.17) is 0 Å². The Hall–Kier alpha value is -3.14. The van der Waals surface area contributed by atoms with Crippen LogP contribution in [-0.2, 0) is 9.84 Å². The molecule has 31 heavy (non-hydrogen) atoms. The first-order chi connectivity index (χ1) is 14.6. The van der Waals surface area contributed by atoms with Crippen LogP contribution in [0.3, 0.4) is 0 Å². The van der Waals surface area contributed by atoms with Gasteiger partial charge < -0.3 is 15.3 Å². The molecule has 166 valence electrons. The molecule has 3 rings (SSSR count). The summed E-state index contributed by atoms with van der Waals surface area (Å²) in [6.07, 6.45) is 2.01. The molecule has 1 saturated heterocycles. The van der Waals surface area contributed by atoms with Crippen molar-refractivity contribution in [2.45, 2.75) is 31.6 Å². The van der Waals surface area contributed by atoms with Crippen molar-refractivity contribution < 1.29 is 23.2 Å². The first-order valence-electron chi connectivity index (χ1n) is 10.0. The van der Waals surface area contributed by atoms with Gasteiger partial charge in [-0.25, -0.2) is 8.42 Å². The summed E-state index contributed by atoms with van der Waals surface area (Å²) < 4.78 is 24.2. The second kappa shape index (κ2) is 8.93.